The second kappa shape index (κ2) is 6.23. The van der Waals surface area contributed by atoms with Crippen molar-refractivity contribution >= 4 is 22.6 Å². The molecule has 1 aliphatic heterocycles. The summed E-state index contributed by atoms with van der Waals surface area (Å²) in [5.41, 5.74) is 1.98. The number of aromatic nitrogens is 1. The summed E-state index contributed by atoms with van der Waals surface area (Å²) < 4.78 is 5.16. The Morgan fingerprint density at radius 3 is 2.50 bits per heavy atom. The summed E-state index contributed by atoms with van der Waals surface area (Å²) in [6.45, 7) is 2.41. The molecule has 0 spiro atoms. The Bertz CT molecular complexity index is 648. The molecule has 0 saturated carbocycles. The summed E-state index contributed by atoms with van der Waals surface area (Å²) >= 11 is 1.59. The number of carboxylic acid groups (broad SMARTS) is 1. The van der Waals surface area contributed by atoms with E-state index in [9.17, 15) is 4.79 Å². The second-order valence-corrected chi connectivity index (χ2v) is 5.84. The van der Waals surface area contributed by atoms with Crippen molar-refractivity contribution in [2.45, 2.75) is 0 Å². The average Bonchev–Trinajstić information content (AvgIpc) is 3.05. The van der Waals surface area contributed by atoms with Crippen LogP contribution in [0.25, 0.3) is 11.3 Å². The number of ether oxygens (including phenoxy) is 1. The maximum atomic E-state index is 10.9. The van der Waals surface area contributed by atoms with Crippen LogP contribution in [-0.4, -0.2) is 54.4 Å². The van der Waals surface area contributed by atoms with Crippen molar-refractivity contribution in [3.8, 4) is 17.0 Å². The van der Waals surface area contributed by atoms with Crippen LogP contribution in [-0.2, 0) is 0 Å². The van der Waals surface area contributed by atoms with Crippen LogP contribution in [0, 0.1) is 0 Å². The van der Waals surface area contributed by atoms with Crippen LogP contribution in [0.4, 0.5) is 9.93 Å². The van der Waals surface area contributed by atoms with Crippen molar-refractivity contribution < 1.29 is 14.6 Å². The molecule has 0 bridgehead atoms. The predicted octanol–water partition coefficient (Wildman–Crippen LogP) is 2.62. The molecule has 6 nitrogen and oxygen atoms in total. The molecule has 3 rings (SSSR count). The summed E-state index contributed by atoms with van der Waals surface area (Å²) in [5, 5.41) is 11.9. The molecule has 1 aromatic heterocycles. The van der Waals surface area contributed by atoms with Gasteiger partial charge in [-0.1, -0.05) is 0 Å². The van der Waals surface area contributed by atoms with E-state index < -0.39 is 6.09 Å². The predicted molar refractivity (Wildman–Crippen MR) is 85.9 cm³/mol. The number of anilines is 1. The highest BCUT2D eigenvalue weighted by molar-refractivity contribution is 7.14. The van der Waals surface area contributed by atoms with Crippen LogP contribution in [0.3, 0.4) is 0 Å². The van der Waals surface area contributed by atoms with E-state index in [2.05, 4.69) is 9.88 Å². The molecule has 1 aromatic carbocycles. The van der Waals surface area contributed by atoms with Gasteiger partial charge in [0.1, 0.15) is 5.75 Å². The minimum absolute atomic E-state index is 0.521. The molecule has 22 heavy (non-hydrogen) atoms. The van der Waals surface area contributed by atoms with Gasteiger partial charge in [-0.15, -0.1) is 11.3 Å². The molecular formula is C15H17N3O3S. The van der Waals surface area contributed by atoms with Gasteiger partial charge in [-0.2, -0.15) is 0 Å². The Morgan fingerprint density at radius 2 is 1.91 bits per heavy atom. The number of hydrogen-bond donors (Lipinski definition) is 1. The molecule has 1 N–H and O–H groups in total. The lowest BCUT2D eigenvalue weighted by Crippen LogP contribution is -2.48. The zero-order chi connectivity index (χ0) is 15.5. The number of amides is 1. The number of benzene rings is 1. The Balaban J connectivity index is 1.70. The third kappa shape index (κ3) is 2.99. The molecule has 0 aliphatic carbocycles. The van der Waals surface area contributed by atoms with Gasteiger partial charge in [-0.05, 0) is 24.3 Å². The van der Waals surface area contributed by atoms with Gasteiger partial charge in [0, 0.05) is 37.1 Å². The first-order valence-electron chi connectivity index (χ1n) is 7.00. The summed E-state index contributed by atoms with van der Waals surface area (Å²) in [6, 6.07) is 7.81. The van der Waals surface area contributed by atoms with E-state index in [4.69, 9.17) is 9.84 Å². The summed E-state index contributed by atoms with van der Waals surface area (Å²) in [5.74, 6) is 0.823. The van der Waals surface area contributed by atoms with E-state index in [0.717, 1.165) is 22.1 Å². The summed E-state index contributed by atoms with van der Waals surface area (Å²) in [4.78, 5) is 19.2. The van der Waals surface area contributed by atoms with Crippen molar-refractivity contribution in [2.75, 3.05) is 38.2 Å². The Hall–Kier alpha value is -2.28. The summed E-state index contributed by atoms with van der Waals surface area (Å²) in [7, 11) is 1.65. The molecule has 2 aromatic rings. The van der Waals surface area contributed by atoms with Gasteiger partial charge in [0.05, 0.1) is 12.8 Å². The van der Waals surface area contributed by atoms with Gasteiger partial charge in [-0.3, -0.25) is 0 Å². The number of hydrogen-bond acceptors (Lipinski definition) is 5. The normalized spacial score (nSPS) is 15.0. The highest BCUT2D eigenvalue weighted by atomic mass is 32.1. The lowest BCUT2D eigenvalue weighted by Gasteiger charge is -2.32. The van der Waals surface area contributed by atoms with E-state index >= 15 is 0 Å². The molecule has 0 radical (unpaired) electrons. The van der Waals surface area contributed by atoms with Crippen LogP contribution >= 0.6 is 11.3 Å². The Labute approximate surface area is 132 Å². The Morgan fingerprint density at radius 1 is 1.23 bits per heavy atom. The van der Waals surface area contributed by atoms with Gasteiger partial charge >= 0.3 is 6.09 Å². The van der Waals surface area contributed by atoms with Gasteiger partial charge in [0.25, 0.3) is 0 Å². The molecule has 1 fully saturated rings. The lowest BCUT2D eigenvalue weighted by atomic mass is 10.2. The molecule has 1 amide bonds. The van der Waals surface area contributed by atoms with Gasteiger partial charge < -0.3 is 19.6 Å². The van der Waals surface area contributed by atoms with Crippen LogP contribution in [0.1, 0.15) is 0 Å². The van der Waals surface area contributed by atoms with E-state index in [1.54, 1.807) is 18.4 Å². The number of nitrogens with zero attached hydrogens (tertiary/aromatic N) is 3. The zero-order valence-electron chi connectivity index (χ0n) is 12.2. The molecule has 2 heterocycles. The van der Waals surface area contributed by atoms with Crippen LogP contribution < -0.4 is 9.64 Å². The second-order valence-electron chi connectivity index (χ2n) is 5.00. The van der Waals surface area contributed by atoms with Gasteiger partial charge in [0.15, 0.2) is 5.13 Å². The lowest BCUT2D eigenvalue weighted by molar-refractivity contribution is 0.142. The van der Waals surface area contributed by atoms with Crippen molar-refractivity contribution in [3.63, 3.8) is 0 Å². The van der Waals surface area contributed by atoms with Crippen molar-refractivity contribution in [3.05, 3.63) is 29.6 Å². The largest absolute Gasteiger partial charge is 0.497 e. The fourth-order valence-electron chi connectivity index (χ4n) is 2.39. The average molecular weight is 319 g/mol. The highest BCUT2D eigenvalue weighted by Gasteiger charge is 2.22. The quantitative estimate of drug-likeness (QED) is 0.942. The van der Waals surface area contributed by atoms with E-state index in [1.165, 1.54) is 4.90 Å². The van der Waals surface area contributed by atoms with Crippen molar-refractivity contribution in [1.82, 2.24) is 9.88 Å². The number of thiazole rings is 1. The van der Waals surface area contributed by atoms with Gasteiger partial charge in [0.2, 0.25) is 0 Å². The van der Waals surface area contributed by atoms with Crippen LogP contribution in [0.15, 0.2) is 29.6 Å². The molecule has 116 valence electrons. The smallest absolute Gasteiger partial charge is 0.407 e. The zero-order valence-corrected chi connectivity index (χ0v) is 13.0. The monoisotopic (exact) mass is 319 g/mol. The number of methoxy groups -OCH3 is 1. The highest BCUT2D eigenvalue weighted by Crippen LogP contribution is 2.29. The molecule has 0 unspecified atom stereocenters. The topological polar surface area (TPSA) is 65.9 Å². The van der Waals surface area contributed by atoms with Gasteiger partial charge in [-0.25, -0.2) is 9.78 Å². The Kier molecular flexibility index (Phi) is 4.15. The maximum absolute atomic E-state index is 10.9. The standard InChI is InChI=1S/C15H17N3O3S/c1-21-12-4-2-11(3-5-12)13-10-22-14(16-13)17-6-8-18(9-7-17)15(19)20/h2-5,10H,6-9H2,1H3,(H,19,20). The van der Waals surface area contributed by atoms with Crippen LogP contribution in [0.5, 0.6) is 5.75 Å². The minimum Gasteiger partial charge on any atom is -0.497 e. The van der Waals surface area contributed by atoms with Crippen molar-refractivity contribution in [2.24, 2.45) is 0 Å². The maximum Gasteiger partial charge on any atom is 0.407 e. The molecular weight excluding hydrogens is 302 g/mol. The number of piperazine rings is 1. The van der Waals surface area contributed by atoms with E-state index in [-0.39, 0.29) is 0 Å². The molecule has 0 atom stereocenters. The van der Waals surface area contributed by atoms with Crippen molar-refractivity contribution in [1.29, 1.82) is 0 Å². The van der Waals surface area contributed by atoms with E-state index in [1.807, 2.05) is 29.6 Å². The minimum atomic E-state index is -0.849. The first-order valence-corrected chi connectivity index (χ1v) is 7.88. The number of rotatable bonds is 3. The fourth-order valence-corrected chi connectivity index (χ4v) is 3.28. The third-order valence-corrected chi connectivity index (χ3v) is 4.60. The molecule has 1 aliphatic rings. The van der Waals surface area contributed by atoms with E-state index in [0.29, 0.717) is 26.2 Å². The molecule has 7 heteroatoms. The first-order chi connectivity index (χ1) is 10.7. The number of carbonyl (C=O) groups is 1. The SMILES string of the molecule is COc1ccc(-c2csc(N3CCN(C(=O)O)CC3)n2)cc1. The van der Waals surface area contributed by atoms with Crippen LogP contribution in [0.2, 0.25) is 0 Å². The fraction of sp³-hybridized carbons (Fsp3) is 0.333. The molecule has 1 saturated heterocycles. The third-order valence-electron chi connectivity index (χ3n) is 3.70. The summed E-state index contributed by atoms with van der Waals surface area (Å²) in [6.07, 6.45) is -0.849. The first kappa shape index (κ1) is 14.6.